The third-order valence-electron chi connectivity index (χ3n) is 6.16. The second kappa shape index (κ2) is 23.8. The number of allylic oxidation sites excluding steroid dienone is 2. The van der Waals surface area contributed by atoms with E-state index in [-0.39, 0.29) is 25.5 Å². The zero-order valence-corrected chi connectivity index (χ0v) is 21.9. The van der Waals surface area contributed by atoms with Crippen molar-refractivity contribution >= 4 is 5.97 Å². The van der Waals surface area contributed by atoms with Gasteiger partial charge < -0.3 is 24.1 Å². The number of ether oxygens (including phenoxy) is 4. The molecular formula is C28H52O6. The van der Waals surface area contributed by atoms with Crippen LogP contribution in [0.4, 0.5) is 0 Å². The van der Waals surface area contributed by atoms with Crippen molar-refractivity contribution < 1.29 is 28.8 Å². The fourth-order valence-electron chi connectivity index (χ4n) is 3.99. The molecule has 6 nitrogen and oxygen atoms in total. The van der Waals surface area contributed by atoms with E-state index in [4.69, 9.17) is 18.9 Å². The van der Waals surface area contributed by atoms with Gasteiger partial charge in [-0.05, 0) is 51.4 Å². The zero-order chi connectivity index (χ0) is 24.5. The van der Waals surface area contributed by atoms with Gasteiger partial charge in [0, 0.05) is 13.0 Å². The van der Waals surface area contributed by atoms with Gasteiger partial charge in [0.1, 0.15) is 12.7 Å². The van der Waals surface area contributed by atoms with Crippen LogP contribution >= 0.6 is 0 Å². The van der Waals surface area contributed by atoms with Gasteiger partial charge in [-0.25, -0.2) is 0 Å². The van der Waals surface area contributed by atoms with Gasteiger partial charge >= 0.3 is 5.97 Å². The topological polar surface area (TPSA) is 74.2 Å². The maximum atomic E-state index is 11.9. The number of aliphatic hydroxyl groups excluding tert-OH is 1. The van der Waals surface area contributed by atoms with E-state index in [1.807, 2.05) is 0 Å². The normalized spacial score (nSPS) is 17.3. The van der Waals surface area contributed by atoms with Crippen LogP contribution in [0.5, 0.6) is 0 Å². The quantitative estimate of drug-likeness (QED) is 0.102. The van der Waals surface area contributed by atoms with Crippen LogP contribution in [0.1, 0.15) is 116 Å². The molecule has 200 valence electrons. The first-order valence-electron chi connectivity index (χ1n) is 14.0. The molecule has 1 N–H and O–H groups in total. The highest BCUT2D eigenvalue weighted by Crippen LogP contribution is 2.13. The Balaban J connectivity index is 1.86. The highest BCUT2D eigenvalue weighted by Gasteiger charge is 2.15. The average molecular weight is 485 g/mol. The van der Waals surface area contributed by atoms with E-state index in [2.05, 4.69) is 19.1 Å². The average Bonchev–Trinajstić information content (AvgIpc) is 2.86. The SMILES string of the molecule is CCCCCCCCC=CCCCCCCCC(=O)OC[C@@H](CO)OCCOC1CCCCO1. The van der Waals surface area contributed by atoms with Crippen LogP contribution in [0.2, 0.25) is 0 Å². The lowest BCUT2D eigenvalue weighted by Crippen LogP contribution is -2.29. The number of aliphatic hydroxyl groups is 1. The minimum atomic E-state index is -0.506. The van der Waals surface area contributed by atoms with Crippen molar-refractivity contribution in [2.24, 2.45) is 0 Å². The Morgan fingerprint density at radius 1 is 0.941 bits per heavy atom. The Morgan fingerprint density at radius 2 is 1.62 bits per heavy atom. The fraction of sp³-hybridized carbons (Fsp3) is 0.893. The maximum absolute atomic E-state index is 11.9. The second-order valence-corrected chi connectivity index (χ2v) is 9.36. The van der Waals surface area contributed by atoms with Crippen molar-refractivity contribution in [3.05, 3.63) is 12.2 Å². The lowest BCUT2D eigenvalue weighted by Gasteiger charge is -2.23. The third-order valence-corrected chi connectivity index (χ3v) is 6.16. The highest BCUT2D eigenvalue weighted by molar-refractivity contribution is 5.69. The summed E-state index contributed by atoms with van der Waals surface area (Å²) in [6, 6.07) is 0. The van der Waals surface area contributed by atoms with Crippen LogP contribution in [0.25, 0.3) is 0 Å². The van der Waals surface area contributed by atoms with Crippen molar-refractivity contribution in [1.82, 2.24) is 0 Å². The molecule has 0 aromatic heterocycles. The lowest BCUT2D eigenvalue weighted by atomic mass is 10.1. The molecular weight excluding hydrogens is 432 g/mol. The van der Waals surface area contributed by atoms with E-state index in [0.717, 1.165) is 45.1 Å². The van der Waals surface area contributed by atoms with E-state index in [1.165, 1.54) is 64.2 Å². The molecule has 1 rings (SSSR count). The molecule has 1 unspecified atom stereocenters. The summed E-state index contributed by atoms with van der Waals surface area (Å²) in [6.07, 6.45) is 23.6. The van der Waals surface area contributed by atoms with Gasteiger partial charge in [0.05, 0.1) is 19.8 Å². The second-order valence-electron chi connectivity index (χ2n) is 9.36. The molecule has 0 aromatic carbocycles. The molecule has 1 heterocycles. The van der Waals surface area contributed by atoms with Crippen molar-refractivity contribution in [2.75, 3.05) is 33.0 Å². The van der Waals surface area contributed by atoms with Crippen LogP contribution in [0, 0.1) is 0 Å². The molecule has 1 fully saturated rings. The van der Waals surface area contributed by atoms with Gasteiger partial charge in [-0.1, -0.05) is 70.4 Å². The van der Waals surface area contributed by atoms with Crippen LogP contribution in [-0.4, -0.2) is 56.5 Å². The molecule has 1 aliphatic rings. The molecule has 0 aliphatic carbocycles. The van der Waals surface area contributed by atoms with Crippen molar-refractivity contribution in [3.63, 3.8) is 0 Å². The van der Waals surface area contributed by atoms with Crippen molar-refractivity contribution in [3.8, 4) is 0 Å². The predicted octanol–water partition coefficient (Wildman–Crippen LogP) is 6.49. The van der Waals surface area contributed by atoms with Crippen LogP contribution < -0.4 is 0 Å². The number of hydrogen-bond donors (Lipinski definition) is 1. The van der Waals surface area contributed by atoms with Crippen LogP contribution in [0.15, 0.2) is 12.2 Å². The van der Waals surface area contributed by atoms with E-state index >= 15 is 0 Å². The molecule has 0 saturated carbocycles. The summed E-state index contributed by atoms with van der Waals surface area (Å²) in [5.74, 6) is -0.216. The molecule has 1 saturated heterocycles. The first kappa shape index (κ1) is 31.1. The Morgan fingerprint density at radius 3 is 2.26 bits per heavy atom. The van der Waals surface area contributed by atoms with Crippen molar-refractivity contribution in [2.45, 2.75) is 128 Å². The summed E-state index contributed by atoms with van der Waals surface area (Å²) in [6.45, 7) is 3.66. The molecule has 0 bridgehead atoms. The number of unbranched alkanes of at least 4 members (excludes halogenated alkanes) is 11. The first-order chi connectivity index (χ1) is 16.8. The Hall–Kier alpha value is -0.950. The third kappa shape index (κ3) is 19.4. The predicted molar refractivity (Wildman–Crippen MR) is 137 cm³/mol. The van der Waals surface area contributed by atoms with Gasteiger partial charge in [-0.3, -0.25) is 4.79 Å². The van der Waals surface area contributed by atoms with E-state index in [9.17, 15) is 9.90 Å². The van der Waals surface area contributed by atoms with Gasteiger partial charge in [-0.2, -0.15) is 0 Å². The summed E-state index contributed by atoms with van der Waals surface area (Å²) in [4.78, 5) is 11.9. The largest absolute Gasteiger partial charge is 0.463 e. The summed E-state index contributed by atoms with van der Waals surface area (Å²) >= 11 is 0. The molecule has 34 heavy (non-hydrogen) atoms. The smallest absolute Gasteiger partial charge is 0.305 e. The van der Waals surface area contributed by atoms with E-state index in [0.29, 0.717) is 19.6 Å². The van der Waals surface area contributed by atoms with Gasteiger partial charge in [0.15, 0.2) is 6.29 Å². The minimum Gasteiger partial charge on any atom is -0.463 e. The van der Waals surface area contributed by atoms with E-state index < -0.39 is 6.10 Å². The monoisotopic (exact) mass is 484 g/mol. The molecule has 0 aromatic rings. The summed E-state index contributed by atoms with van der Waals surface area (Å²) < 4.78 is 21.9. The number of esters is 1. The molecule has 1 aliphatic heterocycles. The zero-order valence-electron chi connectivity index (χ0n) is 21.9. The molecule has 0 amide bonds. The Labute approximate surface area is 208 Å². The summed E-state index contributed by atoms with van der Waals surface area (Å²) in [5.41, 5.74) is 0. The molecule has 2 atom stereocenters. The highest BCUT2D eigenvalue weighted by atomic mass is 16.7. The fourth-order valence-corrected chi connectivity index (χ4v) is 3.99. The van der Waals surface area contributed by atoms with Crippen LogP contribution in [-0.2, 0) is 23.7 Å². The molecule has 0 radical (unpaired) electrons. The van der Waals surface area contributed by atoms with Gasteiger partial charge in [0.2, 0.25) is 0 Å². The van der Waals surface area contributed by atoms with Crippen molar-refractivity contribution in [1.29, 1.82) is 0 Å². The maximum Gasteiger partial charge on any atom is 0.305 e. The number of rotatable bonds is 23. The minimum absolute atomic E-state index is 0.0837. The number of carbonyl (C=O) groups is 1. The number of carbonyl (C=O) groups excluding carboxylic acids is 1. The summed E-state index contributed by atoms with van der Waals surface area (Å²) in [5, 5.41) is 9.42. The van der Waals surface area contributed by atoms with Gasteiger partial charge in [0.25, 0.3) is 0 Å². The molecule has 0 spiro atoms. The number of hydrogen-bond acceptors (Lipinski definition) is 6. The Kier molecular flexibility index (Phi) is 21.7. The Bertz CT molecular complexity index is 476. The first-order valence-corrected chi connectivity index (χ1v) is 14.0. The summed E-state index contributed by atoms with van der Waals surface area (Å²) in [7, 11) is 0. The van der Waals surface area contributed by atoms with E-state index in [1.54, 1.807) is 0 Å². The lowest BCUT2D eigenvalue weighted by molar-refractivity contribution is -0.174. The van der Waals surface area contributed by atoms with Gasteiger partial charge in [-0.15, -0.1) is 0 Å². The standard InChI is InChI=1S/C28H52O6/c1-2-3-4-5-6-7-8-9-10-11-12-13-14-15-16-19-27(30)34-25-26(24-29)31-22-23-33-28-20-17-18-21-32-28/h9-10,26,28-29H,2-8,11-25H2,1H3/t26-,28?/m1/s1. The van der Waals surface area contributed by atoms with Crippen LogP contribution in [0.3, 0.4) is 0 Å². The molecule has 6 heteroatoms.